The number of amides is 1. The van der Waals surface area contributed by atoms with Gasteiger partial charge in [0.05, 0.1) is 30.9 Å². The third kappa shape index (κ3) is 2.56. The Hall–Kier alpha value is -1.80. The number of carbonyl (C=O) groups excluding carboxylic acids is 1. The number of alkyl halides is 1. The highest BCUT2D eigenvalue weighted by molar-refractivity contribution is 7.16. The zero-order valence-corrected chi connectivity index (χ0v) is 11.9. The minimum absolute atomic E-state index is 0.0348. The minimum Gasteiger partial charge on any atom is -0.394 e. The summed E-state index contributed by atoms with van der Waals surface area (Å²) >= 11 is 1.36. The van der Waals surface area contributed by atoms with Gasteiger partial charge in [0.2, 0.25) is 5.91 Å². The Kier molecular flexibility index (Phi) is 3.73. The summed E-state index contributed by atoms with van der Waals surface area (Å²) in [6.45, 7) is -0.503. The molecule has 2 aromatic heterocycles. The van der Waals surface area contributed by atoms with Crippen molar-refractivity contribution >= 4 is 27.5 Å². The second kappa shape index (κ2) is 5.53. The van der Waals surface area contributed by atoms with E-state index in [4.69, 9.17) is 0 Å². The van der Waals surface area contributed by atoms with E-state index in [0.717, 1.165) is 0 Å². The van der Waals surface area contributed by atoms with E-state index >= 15 is 0 Å². The lowest BCUT2D eigenvalue weighted by atomic mass is 10.2. The SMILES string of the molecule is O=C(Cn1cnc2sccc2c1=O)N1C[C@@H](F)C[C@H]1CO. The molecule has 0 unspecified atom stereocenters. The number of hydrogen-bond donors (Lipinski definition) is 1. The van der Waals surface area contributed by atoms with Gasteiger partial charge in [-0.05, 0) is 11.4 Å². The molecule has 1 fully saturated rings. The monoisotopic (exact) mass is 311 g/mol. The van der Waals surface area contributed by atoms with Crippen molar-refractivity contribution < 1.29 is 14.3 Å². The van der Waals surface area contributed by atoms with Crippen molar-refractivity contribution in [1.82, 2.24) is 14.5 Å². The van der Waals surface area contributed by atoms with Gasteiger partial charge in [-0.25, -0.2) is 9.37 Å². The molecule has 0 spiro atoms. The van der Waals surface area contributed by atoms with Crippen molar-refractivity contribution in [2.75, 3.05) is 13.2 Å². The molecule has 1 amide bonds. The van der Waals surface area contributed by atoms with E-state index in [1.165, 1.54) is 27.1 Å². The van der Waals surface area contributed by atoms with Gasteiger partial charge in [0, 0.05) is 6.42 Å². The molecule has 2 atom stereocenters. The van der Waals surface area contributed by atoms with E-state index in [1.807, 2.05) is 0 Å². The molecule has 21 heavy (non-hydrogen) atoms. The summed E-state index contributed by atoms with van der Waals surface area (Å²) in [7, 11) is 0. The van der Waals surface area contributed by atoms with E-state index in [-0.39, 0.29) is 37.6 Å². The van der Waals surface area contributed by atoms with Crippen LogP contribution in [0, 0.1) is 0 Å². The molecule has 1 N–H and O–H groups in total. The number of nitrogens with zero attached hydrogens (tertiary/aromatic N) is 3. The number of hydrogen-bond acceptors (Lipinski definition) is 5. The highest BCUT2D eigenvalue weighted by atomic mass is 32.1. The molecular formula is C13H14FN3O3S. The van der Waals surface area contributed by atoms with E-state index < -0.39 is 12.2 Å². The molecule has 0 bridgehead atoms. The van der Waals surface area contributed by atoms with Gasteiger partial charge in [-0.15, -0.1) is 11.3 Å². The van der Waals surface area contributed by atoms with Crippen LogP contribution in [0.4, 0.5) is 4.39 Å². The summed E-state index contributed by atoms with van der Waals surface area (Å²) in [5.74, 6) is -0.382. The zero-order chi connectivity index (χ0) is 15.0. The predicted molar refractivity (Wildman–Crippen MR) is 76.0 cm³/mol. The summed E-state index contributed by atoms with van der Waals surface area (Å²) in [5, 5.41) is 11.4. The average Bonchev–Trinajstić information content (AvgIpc) is 3.08. The number of rotatable bonds is 3. The molecule has 1 aliphatic rings. The molecule has 0 aliphatic carbocycles. The van der Waals surface area contributed by atoms with E-state index in [1.54, 1.807) is 11.4 Å². The van der Waals surface area contributed by atoms with Gasteiger partial charge in [0.25, 0.3) is 5.56 Å². The lowest BCUT2D eigenvalue weighted by molar-refractivity contribution is -0.133. The van der Waals surface area contributed by atoms with Crippen LogP contribution < -0.4 is 5.56 Å². The second-order valence-electron chi connectivity index (χ2n) is 5.03. The lowest BCUT2D eigenvalue weighted by Crippen LogP contribution is -2.41. The van der Waals surface area contributed by atoms with Gasteiger partial charge in [-0.2, -0.15) is 0 Å². The second-order valence-corrected chi connectivity index (χ2v) is 5.93. The summed E-state index contributed by atoms with van der Waals surface area (Å²) in [5.41, 5.74) is -0.286. The van der Waals surface area contributed by atoms with Crippen molar-refractivity contribution in [3.05, 3.63) is 28.1 Å². The maximum absolute atomic E-state index is 13.4. The molecule has 3 heterocycles. The van der Waals surface area contributed by atoms with Crippen LogP contribution in [-0.4, -0.2) is 50.8 Å². The third-order valence-corrected chi connectivity index (χ3v) is 4.47. The van der Waals surface area contributed by atoms with Crippen LogP contribution in [0.2, 0.25) is 0 Å². The van der Waals surface area contributed by atoms with Gasteiger partial charge in [0.1, 0.15) is 17.5 Å². The maximum Gasteiger partial charge on any atom is 0.262 e. The van der Waals surface area contributed by atoms with Gasteiger partial charge >= 0.3 is 0 Å². The number of aliphatic hydroxyl groups excluding tert-OH is 1. The molecule has 1 aliphatic heterocycles. The van der Waals surface area contributed by atoms with Crippen LogP contribution in [0.1, 0.15) is 6.42 Å². The predicted octanol–water partition coefficient (Wildman–Crippen LogP) is 0.389. The molecule has 0 aromatic carbocycles. The first-order valence-corrected chi connectivity index (χ1v) is 7.45. The Balaban J connectivity index is 1.83. The summed E-state index contributed by atoms with van der Waals surface area (Å²) < 4.78 is 14.6. The summed E-state index contributed by atoms with van der Waals surface area (Å²) in [4.78, 5) is 30.5. The van der Waals surface area contributed by atoms with Gasteiger partial charge in [0.15, 0.2) is 0 Å². The largest absolute Gasteiger partial charge is 0.394 e. The fraction of sp³-hybridized carbons (Fsp3) is 0.462. The zero-order valence-electron chi connectivity index (χ0n) is 11.1. The molecule has 0 radical (unpaired) electrons. The van der Waals surface area contributed by atoms with E-state index in [9.17, 15) is 19.1 Å². The first-order valence-electron chi connectivity index (χ1n) is 6.57. The van der Waals surface area contributed by atoms with Crippen molar-refractivity contribution in [3.63, 3.8) is 0 Å². The minimum atomic E-state index is -1.12. The molecular weight excluding hydrogens is 297 g/mol. The fourth-order valence-corrected chi connectivity index (χ4v) is 3.30. The highest BCUT2D eigenvalue weighted by Crippen LogP contribution is 2.20. The number of thiophene rings is 1. The average molecular weight is 311 g/mol. The van der Waals surface area contributed by atoms with Crippen LogP contribution in [0.15, 0.2) is 22.6 Å². The smallest absolute Gasteiger partial charge is 0.262 e. The summed E-state index contributed by atoms with van der Waals surface area (Å²) in [6, 6.07) is 1.15. The molecule has 1 saturated heterocycles. The Morgan fingerprint density at radius 1 is 1.57 bits per heavy atom. The number of aromatic nitrogens is 2. The Morgan fingerprint density at radius 3 is 3.14 bits per heavy atom. The van der Waals surface area contributed by atoms with Crippen LogP contribution in [0.3, 0.4) is 0 Å². The van der Waals surface area contributed by atoms with Crippen molar-refractivity contribution in [1.29, 1.82) is 0 Å². The quantitative estimate of drug-likeness (QED) is 0.890. The van der Waals surface area contributed by atoms with Crippen LogP contribution in [0.5, 0.6) is 0 Å². The first kappa shape index (κ1) is 14.2. The number of likely N-dealkylation sites (tertiary alicyclic amines) is 1. The third-order valence-electron chi connectivity index (χ3n) is 3.65. The molecule has 2 aromatic rings. The number of carbonyl (C=O) groups is 1. The maximum atomic E-state index is 13.4. The Bertz CT molecular complexity index is 729. The van der Waals surface area contributed by atoms with Gasteiger partial charge < -0.3 is 10.0 Å². The Labute approximate surface area is 123 Å². The van der Waals surface area contributed by atoms with Gasteiger partial charge in [-0.1, -0.05) is 0 Å². The van der Waals surface area contributed by atoms with Crippen molar-refractivity contribution in [3.8, 4) is 0 Å². The molecule has 6 nitrogen and oxygen atoms in total. The summed E-state index contributed by atoms with van der Waals surface area (Å²) in [6.07, 6.45) is 0.343. The molecule has 0 saturated carbocycles. The normalized spacial score (nSPS) is 22.1. The Morgan fingerprint density at radius 2 is 2.38 bits per heavy atom. The number of halogens is 1. The number of fused-ring (bicyclic) bond motifs is 1. The topological polar surface area (TPSA) is 75.4 Å². The van der Waals surface area contributed by atoms with Crippen molar-refractivity contribution in [2.24, 2.45) is 0 Å². The van der Waals surface area contributed by atoms with E-state index in [0.29, 0.717) is 10.2 Å². The molecule has 112 valence electrons. The molecule has 3 rings (SSSR count). The van der Waals surface area contributed by atoms with Crippen LogP contribution >= 0.6 is 11.3 Å². The first-order chi connectivity index (χ1) is 10.1. The van der Waals surface area contributed by atoms with Gasteiger partial charge in [-0.3, -0.25) is 14.2 Å². The van der Waals surface area contributed by atoms with Crippen LogP contribution in [0.25, 0.3) is 10.2 Å². The van der Waals surface area contributed by atoms with E-state index in [2.05, 4.69) is 4.98 Å². The standard InChI is InChI=1S/C13H14FN3O3S/c14-8-3-9(6-18)17(4-8)11(19)5-16-7-15-12-10(13(16)20)1-2-21-12/h1-2,7-9,18H,3-6H2/t8-,9-/m0/s1. The molecule has 8 heteroatoms. The van der Waals surface area contributed by atoms with Crippen LogP contribution in [-0.2, 0) is 11.3 Å². The lowest BCUT2D eigenvalue weighted by Gasteiger charge is -2.22. The number of aliphatic hydroxyl groups is 1. The highest BCUT2D eigenvalue weighted by Gasteiger charge is 2.34. The van der Waals surface area contributed by atoms with Crippen molar-refractivity contribution in [2.45, 2.75) is 25.2 Å². The fourth-order valence-electron chi connectivity index (χ4n) is 2.58.